The lowest BCUT2D eigenvalue weighted by Crippen LogP contribution is -2.28. The number of anilines is 2. The first-order valence-corrected chi connectivity index (χ1v) is 6.40. The average molecular weight is 251 g/mol. The average Bonchev–Trinajstić information content (AvgIpc) is 2.68. The Morgan fingerprint density at radius 3 is 3.22 bits per heavy atom. The summed E-state index contributed by atoms with van der Waals surface area (Å²) in [5, 5.41) is 6.61. The van der Waals surface area contributed by atoms with Crippen molar-refractivity contribution >= 4 is 11.6 Å². The number of methoxy groups -OCH3 is 1. The zero-order chi connectivity index (χ0) is 12.6. The second kappa shape index (κ2) is 7.13. The summed E-state index contributed by atoms with van der Waals surface area (Å²) in [6, 6.07) is 2.00. The summed E-state index contributed by atoms with van der Waals surface area (Å²) in [5.74, 6) is 1.85. The summed E-state index contributed by atoms with van der Waals surface area (Å²) in [5.41, 5.74) is 0. The first kappa shape index (κ1) is 13.0. The van der Waals surface area contributed by atoms with Crippen molar-refractivity contribution in [1.29, 1.82) is 0 Å². The standard InChI is InChI=1S/C12H21N5O/c1-18-8-5-14-11-9-12(16-10-15-11)17-6-2-3-13-4-7-17/h9-10,13H,2-8H2,1H3,(H,14,15,16). The van der Waals surface area contributed by atoms with Crippen LogP contribution in [0.4, 0.5) is 11.6 Å². The highest BCUT2D eigenvalue weighted by atomic mass is 16.5. The van der Waals surface area contributed by atoms with Crippen molar-refractivity contribution in [1.82, 2.24) is 15.3 Å². The van der Waals surface area contributed by atoms with Crippen molar-refractivity contribution in [2.75, 3.05) is 56.7 Å². The van der Waals surface area contributed by atoms with Gasteiger partial charge in [0.2, 0.25) is 0 Å². The molecular weight excluding hydrogens is 230 g/mol. The predicted molar refractivity (Wildman–Crippen MR) is 72.1 cm³/mol. The number of ether oxygens (including phenoxy) is 1. The summed E-state index contributed by atoms with van der Waals surface area (Å²) in [7, 11) is 1.69. The molecule has 1 aromatic heterocycles. The molecule has 1 fully saturated rings. The molecule has 0 unspecified atom stereocenters. The number of aromatic nitrogens is 2. The van der Waals surface area contributed by atoms with Crippen molar-refractivity contribution < 1.29 is 4.74 Å². The van der Waals surface area contributed by atoms with Crippen LogP contribution >= 0.6 is 0 Å². The highest BCUT2D eigenvalue weighted by Gasteiger charge is 2.11. The van der Waals surface area contributed by atoms with E-state index in [1.165, 1.54) is 0 Å². The van der Waals surface area contributed by atoms with Gasteiger partial charge in [-0.25, -0.2) is 9.97 Å². The highest BCUT2D eigenvalue weighted by molar-refractivity contribution is 5.48. The van der Waals surface area contributed by atoms with Crippen LogP contribution in [0.15, 0.2) is 12.4 Å². The molecule has 0 atom stereocenters. The van der Waals surface area contributed by atoms with Gasteiger partial charge in [-0.1, -0.05) is 0 Å². The summed E-state index contributed by atoms with van der Waals surface area (Å²) in [4.78, 5) is 10.9. The largest absolute Gasteiger partial charge is 0.383 e. The molecule has 1 saturated heterocycles. The maximum absolute atomic E-state index is 5.00. The van der Waals surface area contributed by atoms with Crippen LogP contribution in [-0.4, -0.2) is 56.4 Å². The van der Waals surface area contributed by atoms with Crippen LogP contribution in [0.1, 0.15) is 6.42 Å². The molecule has 0 bridgehead atoms. The second-order valence-corrected chi connectivity index (χ2v) is 4.27. The van der Waals surface area contributed by atoms with Crippen molar-refractivity contribution in [2.24, 2.45) is 0 Å². The van der Waals surface area contributed by atoms with E-state index in [1.807, 2.05) is 6.07 Å². The molecule has 0 aliphatic carbocycles. The van der Waals surface area contributed by atoms with Crippen molar-refractivity contribution in [3.8, 4) is 0 Å². The van der Waals surface area contributed by atoms with Gasteiger partial charge in [0, 0.05) is 39.4 Å². The minimum Gasteiger partial charge on any atom is -0.383 e. The fourth-order valence-corrected chi connectivity index (χ4v) is 1.97. The van der Waals surface area contributed by atoms with Crippen molar-refractivity contribution in [2.45, 2.75) is 6.42 Å². The fourth-order valence-electron chi connectivity index (χ4n) is 1.97. The maximum atomic E-state index is 5.00. The Kier molecular flexibility index (Phi) is 5.16. The molecule has 0 saturated carbocycles. The van der Waals surface area contributed by atoms with Crippen LogP contribution in [0.3, 0.4) is 0 Å². The number of nitrogens with one attached hydrogen (secondary N) is 2. The Morgan fingerprint density at radius 1 is 1.39 bits per heavy atom. The zero-order valence-electron chi connectivity index (χ0n) is 10.9. The van der Waals surface area contributed by atoms with Crippen molar-refractivity contribution in [3.05, 3.63) is 12.4 Å². The minimum absolute atomic E-state index is 0.674. The molecule has 2 rings (SSSR count). The third kappa shape index (κ3) is 3.82. The van der Waals surface area contributed by atoms with Crippen LogP contribution in [0.25, 0.3) is 0 Å². The van der Waals surface area contributed by atoms with Crippen LogP contribution in [0, 0.1) is 0 Å². The van der Waals surface area contributed by atoms with Gasteiger partial charge in [-0.2, -0.15) is 0 Å². The highest BCUT2D eigenvalue weighted by Crippen LogP contribution is 2.14. The van der Waals surface area contributed by atoms with Crippen LogP contribution in [-0.2, 0) is 4.74 Å². The number of hydrogen-bond donors (Lipinski definition) is 2. The first-order chi connectivity index (χ1) is 8.90. The molecule has 18 heavy (non-hydrogen) atoms. The van der Waals surface area contributed by atoms with E-state index in [0.717, 1.165) is 50.8 Å². The molecule has 1 aromatic rings. The minimum atomic E-state index is 0.674. The summed E-state index contributed by atoms with van der Waals surface area (Å²) >= 11 is 0. The lowest BCUT2D eigenvalue weighted by atomic mass is 10.4. The van der Waals surface area contributed by atoms with E-state index in [4.69, 9.17) is 4.74 Å². The maximum Gasteiger partial charge on any atom is 0.134 e. The SMILES string of the molecule is COCCNc1cc(N2CCCNCC2)ncn1. The van der Waals surface area contributed by atoms with Gasteiger partial charge in [0.15, 0.2) is 0 Å². The number of hydrogen-bond acceptors (Lipinski definition) is 6. The Morgan fingerprint density at radius 2 is 2.33 bits per heavy atom. The van der Waals surface area contributed by atoms with Gasteiger partial charge in [-0.05, 0) is 13.0 Å². The Balaban J connectivity index is 1.96. The van der Waals surface area contributed by atoms with Gasteiger partial charge in [0.1, 0.15) is 18.0 Å². The Bertz CT molecular complexity index is 352. The van der Waals surface area contributed by atoms with Crippen LogP contribution in [0.5, 0.6) is 0 Å². The van der Waals surface area contributed by atoms with Gasteiger partial charge in [-0.15, -0.1) is 0 Å². The lowest BCUT2D eigenvalue weighted by molar-refractivity contribution is 0.210. The number of nitrogens with zero attached hydrogens (tertiary/aromatic N) is 3. The van der Waals surface area contributed by atoms with E-state index in [0.29, 0.717) is 6.61 Å². The molecule has 1 aliphatic rings. The topological polar surface area (TPSA) is 62.3 Å². The quantitative estimate of drug-likeness (QED) is 0.736. The van der Waals surface area contributed by atoms with E-state index in [-0.39, 0.29) is 0 Å². The number of rotatable bonds is 5. The first-order valence-electron chi connectivity index (χ1n) is 6.40. The van der Waals surface area contributed by atoms with Gasteiger partial charge < -0.3 is 20.3 Å². The van der Waals surface area contributed by atoms with E-state index < -0.39 is 0 Å². The van der Waals surface area contributed by atoms with Gasteiger partial charge in [0.25, 0.3) is 0 Å². The van der Waals surface area contributed by atoms with E-state index in [9.17, 15) is 0 Å². The molecule has 100 valence electrons. The molecule has 6 heteroatoms. The molecule has 0 aromatic carbocycles. The summed E-state index contributed by atoms with van der Waals surface area (Å²) in [6.07, 6.45) is 2.76. The Labute approximate surface area is 108 Å². The van der Waals surface area contributed by atoms with Crippen LogP contribution < -0.4 is 15.5 Å². The summed E-state index contributed by atoms with van der Waals surface area (Å²) in [6.45, 7) is 5.56. The lowest BCUT2D eigenvalue weighted by Gasteiger charge is -2.21. The molecule has 0 amide bonds. The smallest absolute Gasteiger partial charge is 0.134 e. The fraction of sp³-hybridized carbons (Fsp3) is 0.667. The van der Waals surface area contributed by atoms with Gasteiger partial charge >= 0.3 is 0 Å². The molecule has 2 N–H and O–H groups in total. The third-order valence-corrected chi connectivity index (χ3v) is 2.93. The van der Waals surface area contributed by atoms with E-state index in [1.54, 1.807) is 13.4 Å². The molecule has 0 spiro atoms. The van der Waals surface area contributed by atoms with E-state index in [2.05, 4.69) is 25.5 Å². The molecule has 6 nitrogen and oxygen atoms in total. The molecule has 0 radical (unpaired) electrons. The normalized spacial score (nSPS) is 16.4. The van der Waals surface area contributed by atoms with E-state index >= 15 is 0 Å². The third-order valence-electron chi connectivity index (χ3n) is 2.93. The van der Waals surface area contributed by atoms with Crippen molar-refractivity contribution in [3.63, 3.8) is 0 Å². The zero-order valence-corrected chi connectivity index (χ0v) is 10.9. The van der Waals surface area contributed by atoms with Crippen LogP contribution in [0.2, 0.25) is 0 Å². The molecular formula is C12H21N5O. The predicted octanol–water partition coefficient (Wildman–Crippen LogP) is 0.335. The molecule has 2 heterocycles. The molecule has 1 aliphatic heterocycles. The summed E-state index contributed by atoms with van der Waals surface area (Å²) < 4.78 is 5.00. The van der Waals surface area contributed by atoms with Gasteiger partial charge in [-0.3, -0.25) is 0 Å². The monoisotopic (exact) mass is 251 g/mol. The Hall–Kier alpha value is -1.40. The second-order valence-electron chi connectivity index (χ2n) is 4.27. The van der Waals surface area contributed by atoms with Gasteiger partial charge in [0.05, 0.1) is 6.61 Å².